The van der Waals surface area contributed by atoms with Crippen molar-refractivity contribution in [3.05, 3.63) is 35.4 Å². The van der Waals surface area contributed by atoms with Crippen molar-refractivity contribution in [1.29, 1.82) is 0 Å². The van der Waals surface area contributed by atoms with E-state index < -0.39 is 0 Å². The second kappa shape index (κ2) is 9.12. The monoisotopic (exact) mass is 248 g/mol. The van der Waals surface area contributed by atoms with E-state index in [2.05, 4.69) is 55.4 Å². The normalized spacial score (nSPS) is 11.1. The minimum absolute atomic E-state index is 1.06. The SMILES string of the molecule is CCCNCCCCN(C)Cc1ccccc1C. The average molecular weight is 248 g/mol. The van der Waals surface area contributed by atoms with E-state index in [1.54, 1.807) is 0 Å². The molecular formula is C16H28N2. The topological polar surface area (TPSA) is 15.3 Å². The second-order valence-corrected chi connectivity index (χ2v) is 5.12. The van der Waals surface area contributed by atoms with E-state index >= 15 is 0 Å². The summed E-state index contributed by atoms with van der Waals surface area (Å²) in [5.74, 6) is 0. The summed E-state index contributed by atoms with van der Waals surface area (Å²) < 4.78 is 0. The van der Waals surface area contributed by atoms with Gasteiger partial charge >= 0.3 is 0 Å². The molecule has 0 saturated heterocycles. The molecule has 0 heterocycles. The zero-order chi connectivity index (χ0) is 13.2. The molecule has 102 valence electrons. The standard InChI is InChI=1S/C16H28N2/c1-4-11-17-12-7-8-13-18(3)14-16-10-6-5-9-15(16)2/h5-6,9-10,17H,4,7-8,11-14H2,1-3H3. The van der Waals surface area contributed by atoms with Crippen LogP contribution in [-0.4, -0.2) is 31.6 Å². The number of aryl methyl sites for hydroxylation is 1. The van der Waals surface area contributed by atoms with Gasteiger partial charge in [0.2, 0.25) is 0 Å². The first-order chi connectivity index (χ1) is 8.74. The van der Waals surface area contributed by atoms with Gasteiger partial charge < -0.3 is 10.2 Å². The van der Waals surface area contributed by atoms with Crippen LogP contribution in [0.3, 0.4) is 0 Å². The Kier molecular flexibility index (Phi) is 7.70. The Balaban J connectivity index is 2.14. The molecular weight excluding hydrogens is 220 g/mol. The maximum absolute atomic E-state index is 3.45. The smallest absolute Gasteiger partial charge is 0.0233 e. The van der Waals surface area contributed by atoms with E-state index in [-0.39, 0.29) is 0 Å². The number of hydrogen-bond donors (Lipinski definition) is 1. The van der Waals surface area contributed by atoms with Crippen molar-refractivity contribution in [3.8, 4) is 0 Å². The molecule has 2 heteroatoms. The van der Waals surface area contributed by atoms with Crippen molar-refractivity contribution < 1.29 is 0 Å². The van der Waals surface area contributed by atoms with Gasteiger partial charge in [-0.25, -0.2) is 0 Å². The molecule has 0 bridgehead atoms. The van der Waals surface area contributed by atoms with Crippen LogP contribution in [0.5, 0.6) is 0 Å². The first-order valence-electron chi connectivity index (χ1n) is 7.17. The average Bonchev–Trinajstić information content (AvgIpc) is 2.36. The van der Waals surface area contributed by atoms with Gasteiger partial charge in [-0.1, -0.05) is 31.2 Å². The molecule has 0 unspecified atom stereocenters. The molecule has 0 spiro atoms. The highest BCUT2D eigenvalue weighted by Crippen LogP contribution is 2.09. The maximum atomic E-state index is 3.45. The lowest BCUT2D eigenvalue weighted by atomic mass is 10.1. The van der Waals surface area contributed by atoms with Crippen molar-refractivity contribution in [1.82, 2.24) is 10.2 Å². The van der Waals surface area contributed by atoms with Gasteiger partial charge in [0, 0.05) is 6.54 Å². The summed E-state index contributed by atoms with van der Waals surface area (Å²) in [5, 5.41) is 3.45. The van der Waals surface area contributed by atoms with Crippen LogP contribution in [0.25, 0.3) is 0 Å². The molecule has 0 aliphatic heterocycles. The zero-order valence-electron chi connectivity index (χ0n) is 12.2. The summed E-state index contributed by atoms with van der Waals surface area (Å²) in [5.41, 5.74) is 2.85. The van der Waals surface area contributed by atoms with Crippen LogP contribution in [0.1, 0.15) is 37.3 Å². The predicted octanol–water partition coefficient (Wildman–Crippen LogP) is 3.21. The van der Waals surface area contributed by atoms with Gasteiger partial charge in [-0.3, -0.25) is 0 Å². The second-order valence-electron chi connectivity index (χ2n) is 5.12. The third-order valence-corrected chi connectivity index (χ3v) is 3.27. The molecule has 0 radical (unpaired) electrons. The van der Waals surface area contributed by atoms with Crippen molar-refractivity contribution in [3.63, 3.8) is 0 Å². The van der Waals surface area contributed by atoms with Crippen molar-refractivity contribution in [2.75, 3.05) is 26.7 Å². The lowest BCUT2D eigenvalue weighted by molar-refractivity contribution is 0.317. The molecule has 2 nitrogen and oxygen atoms in total. The predicted molar refractivity (Wildman–Crippen MR) is 79.9 cm³/mol. The first-order valence-corrected chi connectivity index (χ1v) is 7.17. The summed E-state index contributed by atoms with van der Waals surface area (Å²) in [6.45, 7) is 8.96. The Morgan fingerprint density at radius 1 is 1.11 bits per heavy atom. The van der Waals surface area contributed by atoms with Gasteiger partial charge in [-0.2, -0.15) is 0 Å². The highest BCUT2D eigenvalue weighted by atomic mass is 15.1. The fourth-order valence-corrected chi connectivity index (χ4v) is 2.09. The molecule has 1 N–H and O–H groups in total. The van der Waals surface area contributed by atoms with Crippen molar-refractivity contribution in [2.45, 2.75) is 39.7 Å². The summed E-state index contributed by atoms with van der Waals surface area (Å²) in [4.78, 5) is 2.42. The molecule has 1 rings (SSSR count). The number of unbranched alkanes of at least 4 members (excludes halogenated alkanes) is 1. The quantitative estimate of drug-likeness (QED) is 0.675. The van der Waals surface area contributed by atoms with E-state index in [9.17, 15) is 0 Å². The maximum Gasteiger partial charge on any atom is 0.0233 e. The fraction of sp³-hybridized carbons (Fsp3) is 0.625. The Morgan fingerprint density at radius 3 is 2.61 bits per heavy atom. The number of benzene rings is 1. The van der Waals surface area contributed by atoms with Gasteiger partial charge in [0.25, 0.3) is 0 Å². The molecule has 0 fully saturated rings. The summed E-state index contributed by atoms with van der Waals surface area (Å²) in [6, 6.07) is 8.66. The van der Waals surface area contributed by atoms with Gasteiger partial charge in [0.15, 0.2) is 0 Å². The Morgan fingerprint density at radius 2 is 1.89 bits per heavy atom. The number of nitrogens with zero attached hydrogens (tertiary/aromatic N) is 1. The molecule has 0 aromatic heterocycles. The molecule has 0 aliphatic rings. The summed E-state index contributed by atoms with van der Waals surface area (Å²) in [6.07, 6.45) is 3.78. The number of hydrogen-bond acceptors (Lipinski definition) is 2. The Bertz CT molecular complexity index is 323. The molecule has 0 saturated carbocycles. The van der Waals surface area contributed by atoms with E-state index in [0.29, 0.717) is 0 Å². The van der Waals surface area contributed by atoms with Crippen LogP contribution in [0.2, 0.25) is 0 Å². The van der Waals surface area contributed by atoms with E-state index in [1.165, 1.54) is 36.9 Å². The van der Waals surface area contributed by atoms with Crippen LogP contribution in [0, 0.1) is 6.92 Å². The molecule has 18 heavy (non-hydrogen) atoms. The molecule has 0 amide bonds. The largest absolute Gasteiger partial charge is 0.317 e. The van der Waals surface area contributed by atoms with Crippen LogP contribution in [0.15, 0.2) is 24.3 Å². The third kappa shape index (κ3) is 6.18. The highest BCUT2D eigenvalue weighted by Gasteiger charge is 2.02. The van der Waals surface area contributed by atoms with Crippen LogP contribution in [0.4, 0.5) is 0 Å². The van der Waals surface area contributed by atoms with Gasteiger partial charge in [0.05, 0.1) is 0 Å². The lowest BCUT2D eigenvalue weighted by Crippen LogP contribution is -2.21. The summed E-state index contributed by atoms with van der Waals surface area (Å²) >= 11 is 0. The van der Waals surface area contributed by atoms with Crippen molar-refractivity contribution in [2.24, 2.45) is 0 Å². The number of nitrogens with one attached hydrogen (secondary N) is 1. The minimum atomic E-state index is 1.06. The van der Waals surface area contributed by atoms with E-state index in [0.717, 1.165) is 19.6 Å². The molecule has 1 aromatic rings. The number of rotatable bonds is 9. The molecule has 0 aliphatic carbocycles. The van der Waals surface area contributed by atoms with Crippen LogP contribution >= 0.6 is 0 Å². The van der Waals surface area contributed by atoms with Gasteiger partial charge in [-0.05, 0) is 64.0 Å². The molecule has 0 atom stereocenters. The van der Waals surface area contributed by atoms with Gasteiger partial charge in [-0.15, -0.1) is 0 Å². The summed E-state index contributed by atoms with van der Waals surface area (Å²) in [7, 11) is 2.21. The van der Waals surface area contributed by atoms with E-state index in [4.69, 9.17) is 0 Å². The lowest BCUT2D eigenvalue weighted by Gasteiger charge is -2.18. The Labute approximate surface area is 112 Å². The highest BCUT2D eigenvalue weighted by molar-refractivity contribution is 5.25. The molecule has 1 aromatic carbocycles. The minimum Gasteiger partial charge on any atom is -0.317 e. The van der Waals surface area contributed by atoms with E-state index in [1.807, 2.05) is 0 Å². The first kappa shape index (κ1) is 15.2. The third-order valence-electron chi connectivity index (χ3n) is 3.27. The fourth-order valence-electron chi connectivity index (χ4n) is 2.09. The van der Waals surface area contributed by atoms with Crippen LogP contribution in [-0.2, 0) is 6.54 Å². The van der Waals surface area contributed by atoms with Gasteiger partial charge in [0.1, 0.15) is 0 Å². The zero-order valence-corrected chi connectivity index (χ0v) is 12.2. The van der Waals surface area contributed by atoms with Crippen LogP contribution < -0.4 is 5.32 Å². The van der Waals surface area contributed by atoms with Crippen molar-refractivity contribution >= 4 is 0 Å². The Hall–Kier alpha value is -0.860.